The first-order valence-corrected chi connectivity index (χ1v) is 23.2. The molecule has 3 aromatic heterocycles. The fourth-order valence-corrected chi connectivity index (χ4v) is 9.38. The Balaban J connectivity index is 0.000000177. The SMILES string of the molecule is CS(=O)(=O)N1CCC(COc2coc(CN3Cc4ccccc4C3)cc2=O)CC1.CS(=O)(=O)N1CCC(COc2coc(Cn3cc4ccccc4c3)cc2=O)CC1. The Hall–Kier alpha value is -4.74. The Morgan fingerprint density at radius 3 is 1.45 bits per heavy atom. The molecule has 5 aromatic rings. The van der Waals surface area contributed by atoms with Crippen LogP contribution in [0.5, 0.6) is 11.5 Å². The number of ether oxygens (including phenoxy) is 2. The monoisotopic (exact) mass is 834 g/mol. The average molecular weight is 835 g/mol. The lowest BCUT2D eigenvalue weighted by Crippen LogP contribution is -2.39. The normalized spacial score (nSPS) is 17.5. The van der Waals surface area contributed by atoms with Gasteiger partial charge in [-0.1, -0.05) is 48.5 Å². The molecule has 0 amide bonds. The number of fused-ring (bicyclic) bond motifs is 2. The number of sulfonamides is 2. The third-order valence-electron chi connectivity index (χ3n) is 11.0. The van der Waals surface area contributed by atoms with Gasteiger partial charge in [0.05, 0.1) is 38.8 Å². The first-order chi connectivity index (χ1) is 27.8. The molecule has 0 radical (unpaired) electrons. The maximum atomic E-state index is 12.4. The lowest BCUT2D eigenvalue weighted by molar-refractivity contribution is 0.180. The fourth-order valence-electron chi connectivity index (χ4n) is 7.63. The van der Waals surface area contributed by atoms with Gasteiger partial charge in [-0.3, -0.25) is 14.5 Å². The Morgan fingerprint density at radius 1 is 0.621 bits per heavy atom. The molecule has 3 aliphatic heterocycles. The lowest BCUT2D eigenvalue weighted by Gasteiger charge is -2.29. The van der Waals surface area contributed by atoms with E-state index in [1.807, 2.05) is 53.4 Å². The van der Waals surface area contributed by atoms with Crippen LogP contribution < -0.4 is 20.3 Å². The van der Waals surface area contributed by atoms with Gasteiger partial charge in [0.15, 0.2) is 0 Å². The number of hydrogen-bond donors (Lipinski definition) is 0. The zero-order valence-electron chi connectivity index (χ0n) is 32.8. The molecule has 3 aliphatic rings. The summed E-state index contributed by atoms with van der Waals surface area (Å²) in [6.07, 6.45) is 12.2. The molecule has 0 aliphatic carbocycles. The molecule has 14 nitrogen and oxygen atoms in total. The summed E-state index contributed by atoms with van der Waals surface area (Å²) < 4.78 is 73.9. The summed E-state index contributed by atoms with van der Waals surface area (Å²) in [6.45, 7) is 5.50. The molecule has 6 heterocycles. The van der Waals surface area contributed by atoms with Crippen molar-refractivity contribution in [1.29, 1.82) is 0 Å². The Morgan fingerprint density at radius 2 is 1.03 bits per heavy atom. The molecule has 58 heavy (non-hydrogen) atoms. The van der Waals surface area contributed by atoms with Gasteiger partial charge in [-0.05, 0) is 59.4 Å². The number of rotatable bonds is 12. The quantitative estimate of drug-likeness (QED) is 0.168. The first kappa shape index (κ1) is 41.4. The molecule has 310 valence electrons. The van der Waals surface area contributed by atoms with E-state index in [4.69, 9.17) is 18.3 Å². The molecule has 2 saturated heterocycles. The molecular weight excluding hydrogens is 785 g/mol. The molecular formula is C42H50N4O10S2. The maximum absolute atomic E-state index is 12.4. The van der Waals surface area contributed by atoms with Gasteiger partial charge in [0.1, 0.15) is 24.0 Å². The van der Waals surface area contributed by atoms with E-state index >= 15 is 0 Å². The van der Waals surface area contributed by atoms with E-state index in [0.29, 0.717) is 64.0 Å². The summed E-state index contributed by atoms with van der Waals surface area (Å²) in [7, 11) is -6.27. The van der Waals surface area contributed by atoms with E-state index in [-0.39, 0.29) is 34.2 Å². The van der Waals surface area contributed by atoms with Crippen molar-refractivity contribution in [3.8, 4) is 11.5 Å². The zero-order chi connectivity index (χ0) is 40.9. The Kier molecular flexibility index (Phi) is 12.9. The third-order valence-corrected chi connectivity index (χ3v) is 13.6. The molecule has 16 heteroatoms. The lowest BCUT2D eigenvalue weighted by atomic mass is 9.99. The van der Waals surface area contributed by atoms with Crippen LogP contribution in [0.25, 0.3) is 10.8 Å². The molecule has 2 fully saturated rings. The van der Waals surface area contributed by atoms with Crippen LogP contribution in [0.2, 0.25) is 0 Å². The van der Waals surface area contributed by atoms with Crippen LogP contribution in [0.15, 0.2) is 104 Å². The van der Waals surface area contributed by atoms with Crippen LogP contribution in [-0.2, 0) is 46.2 Å². The van der Waals surface area contributed by atoms with Gasteiger partial charge in [0.25, 0.3) is 0 Å². The van der Waals surface area contributed by atoms with Gasteiger partial charge >= 0.3 is 0 Å². The predicted octanol–water partition coefficient (Wildman–Crippen LogP) is 4.90. The molecule has 0 spiro atoms. The second-order valence-corrected chi connectivity index (χ2v) is 19.4. The van der Waals surface area contributed by atoms with Crippen LogP contribution in [0, 0.1) is 11.8 Å². The van der Waals surface area contributed by atoms with Gasteiger partial charge in [0, 0.05) is 63.8 Å². The minimum Gasteiger partial charge on any atom is -0.486 e. The maximum Gasteiger partial charge on any atom is 0.227 e. The predicted molar refractivity (Wildman–Crippen MR) is 220 cm³/mol. The summed E-state index contributed by atoms with van der Waals surface area (Å²) in [5.41, 5.74) is 2.24. The molecule has 2 aromatic carbocycles. The third kappa shape index (κ3) is 10.8. The smallest absolute Gasteiger partial charge is 0.227 e. The molecule has 0 saturated carbocycles. The summed E-state index contributed by atoms with van der Waals surface area (Å²) in [6, 6.07) is 19.4. The fraction of sp³-hybridized carbons (Fsp3) is 0.429. The van der Waals surface area contributed by atoms with E-state index in [9.17, 15) is 26.4 Å². The molecule has 0 bridgehead atoms. The van der Waals surface area contributed by atoms with Crippen LogP contribution in [0.1, 0.15) is 48.3 Å². The summed E-state index contributed by atoms with van der Waals surface area (Å²) >= 11 is 0. The van der Waals surface area contributed by atoms with Gasteiger partial charge in [-0.25, -0.2) is 25.4 Å². The highest BCUT2D eigenvalue weighted by molar-refractivity contribution is 7.88. The van der Waals surface area contributed by atoms with Gasteiger partial charge in [-0.2, -0.15) is 0 Å². The first-order valence-electron chi connectivity index (χ1n) is 19.5. The zero-order valence-corrected chi connectivity index (χ0v) is 34.5. The van der Waals surface area contributed by atoms with Crippen LogP contribution in [0.4, 0.5) is 0 Å². The minimum atomic E-state index is -3.14. The van der Waals surface area contributed by atoms with Gasteiger partial charge in [-0.15, -0.1) is 0 Å². The molecule has 0 atom stereocenters. The van der Waals surface area contributed by atoms with E-state index in [1.54, 1.807) is 0 Å². The minimum absolute atomic E-state index is 0.184. The van der Waals surface area contributed by atoms with Gasteiger partial charge < -0.3 is 22.9 Å². The van der Waals surface area contributed by atoms with Crippen molar-refractivity contribution in [3.63, 3.8) is 0 Å². The van der Waals surface area contributed by atoms with Crippen molar-refractivity contribution in [3.05, 3.63) is 129 Å². The van der Waals surface area contributed by atoms with Crippen LogP contribution in [-0.4, -0.2) is 86.8 Å². The highest BCUT2D eigenvalue weighted by atomic mass is 32.2. The van der Waals surface area contributed by atoms with E-state index < -0.39 is 20.0 Å². The number of nitrogens with zero attached hydrogens (tertiary/aromatic N) is 4. The van der Waals surface area contributed by atoms with Crippen molar-refractivity contribution in [1.82, 2.24) is 18.1 Å². The van der Waals surface area contributed by atoms with Gasteiger partial charge in [0.2, 0.25) is 42.4 Å². The summed E-state index contributed by atoms with van der Waals surface area (Å²) in [4.78, 5) is 27.0. The summed E-state index contributed by atoms with van der Waals surface area (Å²) in [5.74, 6) is 2.04. The largest absolute Gasteiger partial charge is 0.486 e. The topological polar surface area (TPSA) is 162 Å². The van der Waals surface area contributed by atoms with Crippen LogP contribution >= 0.6 is 0 Å². The van der Waals surface area contributed by atoms with Crippen molar-refractivity contribution >= 4 is 30.8 Å². The van der Waals surface area contributed by atoms with Crippen molar-refractivity contribution in [2.45, 2.75) is 51.9 Å². The van der Waals surface area contributed by atoms with Crippen molar-refractivity contribution in [2.24, 2.45) is 11.8 Å². The van der Waals surface area contributed by atoms with E-state index in [2.05, 4.69) is 17.0 Å². The van der Waals surface area contributed by atoms with Crippen molar-refractivity contribution < 1.29 is 35.1 Å². The average Bonchev–Trinajstić information content (AvgIpc) is 3.80. The van der Waals surface area contributed by atoms with Crippen molar-refractivity contribution in [2.75, 3.05) is 51.9 Å². The number of hydrogen-bond acceptors (Lipinski definition) is 11. The standard InChI is InChI=1S/C21H26N2O5S.C21H24N2O5S/c2*1-29(25,26)23-8-6-16(7-9-23)14-28-21-15-27-19(10-20(21)24)13-22-11-17-4-2-3-5-18(17)12-22/h2-5,10,15-16H,6-9,11-14H2,1H3;2-5,10-12,15-16H,6-9,13-14H2,1H3. The molecule has 8 rings (SSSR count). The molecule has 0 N–H and O–H groups in total. The number of aromatic nitrogens is 1. The Bertz CT molecular complexity index is 2480. The number of piperidine rings is 2. The van der Waals surface area contributed by atoms with E-state index in [0.717, 1.165) is 49.5 Å². The van der Waals surface area contributed by atoms with E-state index in [1.165, 1.54) is 56.9 Å². The Labute approximate surface area is 338 Å². The highest BCUT2D eigenvalue weighted by Crippen LogP contribution is 2.25. The van der Waals surface area contributed by atoms with Crippen LogP contribution in [0.3, 0.4) is 0 Å². The summed E-state index contributed by atoms with van der Waals surface area (Å²) in [5, 5.41) is 2.27. The second kappa shape index (κ2) is 18.0. The highest BCUT2D eigenvalue weighted by Gasteiger charge is 2.27. The second-order valence-electron chi connectivity index (χ2n) is 15.5. The molecule has 0 unspecified atom stereocenters. The number of benzene rings is 2.